The smallest absolute Gasteiger partial charge is 0.333 e. The van der Waals surface area contributed by atoms with E-state index in [4.69, 9.17) is 4.74 Å². The Bertz CT molecular complexity index is 644. The predicted molar refractivity (Wildman–Crippen MR) is 76.8 cm³/mol. The van der Waals surface area contributed by atoms with Crippen molar-refractivity contribution in [1.82, 2.24) is 19.7 Å². The maximum Gasteiger partial charge on any atom is 0.333 e. The fourth-order valence-corrected chi connectivity index (χ4v) is 2.67. The molecule has 0 aromatic carbocycles. The van der Waals surface area contributed by atoms with E-state index in [9.17, 15) is 13.6 Å². The summed E-state index contributed by atoms with van der Waals surface area (Å²) in [5, 5.41) is 6.07. The lowest BCUT2D eigenvalue weighted by Gasteiger charge is -2.16. The maximum absolute atomic E-state index is 12.7. The molecule has 0 saturated carbocycles. The summed E-state index contributed by atoms with van der Waals surface area (Å²) in [5.74, 6) is -0.535. The molecule has 0 fully saturated rings. The van der Waals surface area contributed by atoms with Gasteiger partial charge < -0.3 is 9.64 Å². The van der Waals surface area contributed by atoms with Crippen molar-refractivity contribution in [1.29, 1.82) is 0 Å². The summed E-state index contributed by atoms with van der Waals surface area (Å²) >= 11 is 1.43. The zero-order chi connectivity index (χ0) is 16.3. The Hall–Kier alpha value is -1.87. The SMILES string of the molecule is COC(C)c1nc(CN(C)C(=O)c2ccnn2C(F)F)cs1. The minimum atomic E-state index is -2.85. The van der Waals surface area contributed by atoms with E-state index >= 15 is 0 Å². The Morgan fingerprint density at radius 1 is 1.55 bits per heavy atom. The number of hydrogen-bond donors (Lipinski definition) is 0. The molecule has 2 aromatic heterocycles. The molecular formula is C13H16F2N4O2S. The Morgan fingerprint density at radius 2 is 2.27 bits per heavy atom. The molecule has 0 aliphatic rings. The van der Waals surface area contributed by atoms with Gasteiger partial charge in [0.15, 0.2) is 0 Å². The van der Waals surface area contributed by atoms with E-state index in [1.165, 1.54) is 35.5 Å². The zero-order valence-electron chi connectivity index (χ0n) is 12.4. The van der Waals surface area contributed by atoms with Gasteiger partial charge in [-0.05, 0) is 13.0 Å². The van der Waals surface area contributed by atoms with Crippen LogP contribution >= 0.6 is 11.3 Å². The minimum absolute atomic E-state index is 0.125. The lowest BCUT2D eigenvalue weighted by molar-refractivity contribution is 0.0472. The van der Waals surface area contributed by atoms with Gasteiger partial charge in [0, 0.05) is 25.7 Å². The van der Waals surface area contributed by atoms with Crippen LogP contribution < -0.4 is 0 Å². The average molecular weight is 330 g/mol. The number of hydrogen-bond acceptors (Lipinski definition) is 5. The molecule has 9 heteroatoms. The number of halogens is 2. The lowest BCUT2D eigenvalue weighted by Crippen LogP contribution is -2.29. The molecule has 0 saturated heterocycles. The minimum Gasteiger partial charge on any atom is -0.375 e. The second-order valence-electron chi connectivity index (χ2n) is 4.65. The number of aromatic nitrogens is 3. The van der Waals surface area contributed by atoms with E-state index in [1.807, 2.05) is 12.3 Å². The molecule has 0 spiro atoms. The predicted octanol–water partition coefficient (Wildman–Crippen LogP) is 2.71. The van der Waals surface area contributed by atoms with Crippen LogP contribution in [-0.2, 0) is 11.3 Å². The Labute approximate surface area is 130 Å². The van der Waals surface area contributed by atoms with Crippen molar-refractivity contribution < 1.29 is 18.3 Å². The molecule has 1 unspecified atom stereocenters. The third kappa shape index (κ3) is 3.47. The molecule has 1 atom stereocenters. The first-order valence-electron chi connectivity index (χ1n) is 6.48. The van der Waals surface area contributed by atoms with Gasteiger partial charge in [-0.1, -0.05) is 0 Å². The van der Waals surface area contributed by atoms with Crippen molar-refractivity contribution in [3.05, 3.63) is 34.0 Å². The van der Waals surface area contributed by atoms with E-state index < -0.39 is 12.5 Å². The van der Waals surface area contributed by atoms with E-state index in [0.717, 1.165) is 5.01 Å². The number of ether oxygens (including phenoxy) is 1. The summed E-state index contributed by atoms with van der Waals surface area (Å²) in [6, 6.07) is 1.27. The monoisotopic (exact) mass is 330 g/mol. The van der Waals surface area contributed by atoms with Crippen molar-refractivity contribution >= 4 is 17.2 Å². The summed E-state index contributed by atoms with van der Waals surface area (Å²) in [6.07, 6.45) is 1.05. The van der Waals surface area contributed by atoms with Crippen LogP contribution in [0.3, 0.4) is 0 Å². The van der Waals surface area contributed by atoms with Crippen molar-refractivity contribution in [2.24, 2.45) is 0 Å². The maximum atomic E-state index is 12.7. The number of carbonyl (C=O) groups is 1. The van der Waals surface area contributed by atoms with Crippen LogP contribution in [0.4, 0.5) is 8.78 Å². The fraction of sp³-hybridized carbons (Fsp3) is 0.462. The highest BCUT2D eigenvalue weighted by Crippen LogP contribution is 2.21. The van der Waals surface area contributed by atoms with Crippen LogP contribution in [0, 0.1) is 0 Å². The van der Waals surface area contributed by atoms with Gasteiger partial charge in [0.2, 0.25) is 0 Å². The molecule has 2 rings (SSSR count). The third-order valence-electron chi connectivity index (χ3n) is 3.09. The van der Waals surface area contributed by atoms with Crippen molar-refractivity contribution in [2.45, 2.75) is 26.1 Å². The number of methoxy groups -OCH3 is 1. The lowest BCUT2D eigenvalue weighted by atomic mass is 10.3. The summed E-state index contributed by atoms with van der Waals surface area (Å²) in [5.41, 5.74) is 0.529. The number of alkyl halides is 2. The topological polar surface area (TPSA) is 60.2 Å². The molecule has 0 bridgehead atoms. The third-order valence-corrected chi connectivity index (χ3v) is 4.15. The molecule has 1 amide bonds. The molecule has 2 heterocycles. The molecule has 0 aliphatic heterocycles. The van der Waals surface area contributed by atoms with Crippen LogP contribution in [0.1, 0.15) is 40.8 Å². The summed E-state index contributed by atoms with van der Waals surface area (Å²) < 4.78 is 31.1. The number of nitrogens with zero attached hydrogens (tertiary/aromatic N) is 4. The molecule has 2 aromatic rings. The van der Waals surface area contributed by atoms with Crippen molar-refractivity contribution in [3.63, 3.8) is 0 Å². The first-order chi connectivity index (χ1) is 10.4. The first-order valence-corrected chi connectivity index (χ1v) is 7.36. The highest BCUT2D eigenvalue weighted by molar-refractivity contribution is 7.09. The largest absolute Gasteiger partial charge is 0.375 e. The van der Waals surface area contributed by atoms with Gasteiger partial charge >= 0.3 is 6.55 Å². The number of thiazole rings is 1. The molecule has 0 N–H and O–H groups in total. The Balaban J connectivity index is 2.08. The van der Waals surface area contributed by atoms with Gasteiger partial charge in [-0.15, -0.1) is 11.3 Å². The molecule has 120 valence electrons. The van der Waals surface area contributed by atoms with Crippen molar-refractivity contribution in [3.8, 4) is 0 Å². The molecule has 6 nitrogen and oxygen atoms in total. The van der Waals surface area contributed by atoms with Crippen LogP contribution in [0.2, 0.25) is 0 Å². The van der Waals surface area contributed by atoms with Gasteiger partial charge in [-0.25, -0.2) is 4.98 Å². The highest BCUT2D eigenvalue weighted by Gasteiger charge is 2.21. The summed E-state index contributed by atoms with van der Waals surface area (Å²) in [6.45, 7) is -0.755. The van der Waals surface area contributed by atoms with Crippen molar-refractivity contribution in [2.75, 3.05) is 14.2 Å². The van der Waals surface area contributed by atoms with Crippen LogP contribution in [0.5, 0.6) is 0 Å². The zero-order valence-corrected chi connectivity index (χ0v) is 13.2. The average Bonchev–Trinajstić information content (AvgIpc) is 3.14. The molecule has 22 heavy (non-hydrogen) atoms. The van der Waals surface area contributed by atoms with Crippen LogP contribution in [-0.4, -0.2) is 39.7 Å². The van der Waals surface area contributed by atoms with E-state index in [1.54, 1.807) is 7.11 Å². The normalized spacial score (nSPS) is 12.6. The Morgan fingerprint density at radius 3 is 2.91 bits per heavy atom. The molecular weight excluding hydrogens is 314 g/mol. The first kappa shape index (κ1) is 16.5. The Kier molecular flexibility index (Phi) is 5.19. The van der Waals surface area contributed by atoms with E-state index in [-0.39, 0.29) is 18.3 Å². The van der Waals surface area contributed by atoms with Gasteiger partial charge in [0.05, 0.1) is 12.2 Å². The van der Waals surface area contributed by atoms with Gasteiger partial charge in [0.1, 0.15) is 16.8 Å². The molecule has 0 aliphatic carbocycles. The summed E-state index contributed by atoms with van der Waals surface area (Å²) in [7, 11) is 3.12. The van der Waals surface area contributed by atoms with Crippen LogP contribution in [0.15, 0.2) is 17.6 Å². The second-order valence-corrected chi connectivity index (χ2v) is 5.54. The number of rotatable bonds is 6. The van der Waals surface area contributed by atoms with Crippen LogP contribution in [0.25, 0.3) is 0 Å². The summed E-state index contributed by atoms with van der Waals surface area (Å²) in [4.78, 5) is 17.9. The highest BCUT2D eigenvalue weighted by atomic mass is 32.1. The fourth-order valence-electron chi connectivity index (χ4n) is 1.83. The van der Waals surface area contributed by atoms with E-state index in [0.29, 0.717) is 10.4 Å². The van der Waals surface area contributed by atoms with Gasteiger partial charge in [-0.3, -0.25) is 4.79 Å². The molecule has 0 radical (unpaired) electrons. The standard InChI is InChI=1S/C13H16F2N4O2S/c1-8(21-3)11-17-9(7-22-11)6-18(2)12(20)10-4-5-16-19(10)13(14)15/h4-5,7-8,13H,6H2,1-3H3. The second kappa shape index (κ2) is 6.93. The quantitative estimate of drug-likeness (QED) is 0.817. The van der Waals surface area contributed by atoms with Gasteiger partial charge in [0.25, 0.3) is 5.91 Å². The van der Waals surface area contributed by atoms with Gasteiger partial charge in [-0.2, -0.15) is 18.6 Å². The number of amides is 1. The van der Waals surface area contributed by atoms with E-state index in [2.05, 4.69) is 10.1 Å². The number of carbonyl (C=O) groups excluding carboxylic acids is 1.